The van der Waals surface area contributed by atoms with Crippen molar-refractivity contribution in [2.24, 2.45) is 0 Å². The zero-order valence-corrected chi connectivity index (χ0v) is 8.97. The third-order valence-corrected chi connectivity index (χ3v) is 1.61. The Morgan fingerprint density at radius 3 is 2.10 bits per heavy atom. The van der Waals surface area contributed by atoms with E-state index in [0.717, 1.165) is 10.9 Å². The van der Waals surface area contributed by atoms with Gasteiger partial charge in [0.05, 0.1) is 21.1 Å². The molecule has 0 atom stereocenters. The molecule has 10 heavy (non-hydrogen) atoms. The topological polar surface area (TPSA) is 0 Å². The van der Waals surface area contributed by atoms with Crippen molar-refractivity contribution in [2.75, 3.05) is 21.1 Å². The molecular weight excluding hydrogens is 305 g/mol. The molecule has 0 bridgehead atoms. The predicted octanol–water partition coefficient (Wildman–Crippen LogP) is 1.53. The summed E-state index contributed by atoms with van der Waals surface area (Å²) >= 11 is 0. The maximum absolute atomic E-state index is 2.19. The van der Waals surface area contributed by atoms with Crippen LogP contribution < -0.4 is 0 Å². The minimum Gasteiger partial charge on any atom is -0.302 e. The monoisotopic (exact) mass is 319 g/mol. The quantitative estimate of drug-likeness (QED) is 0.643. The van der Waals surface area contributed by atoms with E-state index in [1.807, 2.05) is 0 Å². The molecular formula is C8H14NPt+. The Bertz CT molecular complexity index is 163. The van der Waals surface area contributed by atoms with Gasteiger partial charge in [-0.15, -0.1) is 0 Å². The number of rotatable bonds is 1. The molecule has 0 unspecified atom stereocenters. The molecule has 0 N–H and O–H groups in total. The van der Waals surface area contributed by atoms with Crippen molar-refractivity contribution in [3.8, 4) is 0 Å². The Kier molecular flexibility index (Phi) is 3.54. The van der Waals surface area contributed by atoms with E-state index in [1.54, 1.807) is 0 Å². The zero-order valence-electron chi connectivity index (χ0n) is 6.70. The molecule has 1 aliphatic rings. The average molecular weight is 319 g/mol. The van der Waals surface area contributed by atoms with Crippen LogP contribution in [0, 0.1) is 0 Å². The summed E-state index contributed by atoms with van der Waals surface area (Å²) < 4.78 is 0.965. The number of hydrogen-bond donors (Lipinski definition) is 0. The second kappa shape index (κ2) is 3.50. The van der Waals surface area contributed by atoms with Crippen molar-refractivity contribution < 1.29 is 25.5 Å². The first-order chi connectivity index (χ1) is 4.11. The number of hydrogen-bond acceptors (Lipinski definition) is 0. The Balaban J connectivity index is 0.000000810. The van der Waals surface area contributed by atoms with Gasteiger partial charge in [0.2, 0.25) is 0 Å². The molecule has 1 nitrogen and oxygen atoms in total. The van der Waals surface area contributed by atoms with Gasteiger partial charge in [0.15, 0.2) is 0 Å². The molecule has 0 saturated carbocycles. The molecule has 0 radical (unpaired) electrons. The number of quaternary nitrogens is 1. The first-order valence-corrected chi connectivity index (χ1v) is 3.28. The Labute approximate surface area is 77.3 Å². The first-order valence-electron chi connectivity index (χ1n) is 3.28. The van der Waals surface area contributed by atoms with Crippen molar-refractivity contribution in [1.82, 2.24) is 0 Å². The van der Waals surface area contributed by atoms with Crippen LogP contribution in [0.15, 0.2) is 23.9 Å². The van der Waals surface area contributed by atoms with E-state index < -0.39 is 0 Å². The molecule has 60 valence electrons. The first kappa shape index (κ1) is 10.1. The van der Waals surface area contributed by atoms with E-state index in [0.29, 0.717) is 0 Å². The van der Waals surface area contributed by atoms with E-state index in [9.17, 15) is 0 Å². The van der Waals surface area contributed by atoms with Crippen LogP contribution in [0.4, 0.5) is 0 Å². The Morgan fingerprint density at radius 2 is 1.90 bits per heavy atom. The summed E-state index contributed by atoms with van der Waals surface area (Å²) in [7, 11) is 6.58. The van der Waals surface area contributed by atoms with E-state index >= 15 is 0 Å². The van der Waals surface area contributed by atoms with Crippen LogP contribution in [0.3, 0.4) is 0 Å². The molecule has 0 spiro atoms. The molecule has 0 fully saturated rings. The van der Waals surface area contributed by atoms with Gasteiger partial charge in [-0.1, -0.05) is 12.2 Å². The van der Waals surface area contributed by atoms with Gasteiger partial charge in [0, 0.05) is 27.5 Å². The number of allylic oxidation sites excluding steroid dienone is 3. The normalized spacial score (nSPS) is 16.5. The Hall–Kier alpha value is 0.128. The van der Waals surface area contributed by atoms with Crippen molar-refractivity contribution >= 4 is 0 Å². The Morgan fingerprint density at radius 1 is 1.30 bits per heavy atom. The van der Waals surface area contributed by atoms with E-state index in [-0.39, 0.29) is 21.1 Å². The molecule has 0 heterocycles. The fraction of sp³-hybridized carbons (Fsp3) is 0.500. The third-order valence-electron chi connectivity index (χ3n) is 1.61. The second-order valence-electron chi connectivity index (χ2n) is 3.30. The largest absolute Gasteiger partial charge is 0.302 e. The third kappa shape index (κ3) is 2.40. The fourth-order valence-electron chi connectivity index (χ4n) is 0.933. The maximum Gasteiger partial charge on any atom is 0.112 e. The van der Waals surface area contributed by atoms with Crippen LogP contribution in [-0.2, 0) is 21.1 Å². The van der Waals surface area contributed by atoms with Crippen LogP contribution in [-0.4, -0.2) is 25.6 Å². The molecule has 1 rings (SSSR count). The van der Waals surface area contributed by atoms with Crippen molar-refractivity contribution in [3.05, 3.63) is 23.9 Å². The van der Waals surface area contributed by atoms with E-state index in [1.165, 1.54) is 5.70 Å². The predicted molar refractivity (Wildman–Crippen MR) is 39.9 cm³/mol. The molecule has 0 aromatic heterocycles. The van der Waals surface area contributed by atoms with Crippen LogP contribution >= 0.6 is 0 Å². The van der Waals surface area contributed by atoms with Crippen LogP contribution in [0.2, 0.25) is 0 Å². The van der Waals surface area contributed by atoms with E-state index in [4.69, 9.17) is 0 Å². The SMILES string of the molecule is C[N+](C)(C)C1=CC=CC1.[Pt]. The van der Waals surface area contributed by atoms with Gasteiger partial charge >= 0.3 is 0 Å². The van der Waals surface area contributed by atoms with Crippen molar-refractivity contribution in [2.45, 2.75) is 6.42 Å². The molecule has 1 aliphatic carbocycles. The molecule has 2 heteroatoms. The minimum atomic E-state index is 0. The van der Waals surface area contributed by atoms with Crippen molar-refractivity contribution in [3.63, 3.8) is 0 Å². The smallest absolute Gasteiger partial charge is 0.112 e. The number of nitrogens with zero attached hydrogens (tertiary/aromatic N) is 1. The summed E-state index contributed by atoms with van der Waals surface area (Å²) in [5.41, 5.74) is 1.48. The zero-order chi connectivity index (χ0) is 6.91. The summed E-state index contributed by atoms with van der Waals surface area (Å²) in [5.74, 6) is 0. The van der Waals surface area contributed by atoms with Crippen LogP contribution in [0.5, 0.6) is 0 Å². The molecule has 0 aromatic carbocycles. The standard InChI is InChI=1S/C8H14N.Pt/c1-9(2,3)8-6-4-5-7-8;/h4-6H,7H2,1-3H3;/q+1;. The molecule has 0 saturated heterocycles. The molecule has 0 aliphatic heterocycles. The van der Waals surface area contributed by atoms with Crippen molar-refractivity contribution in [1.29, 1.82) is 0 Å². The molecule has 0 aromatic rings. The summed E-state index contributed by atoms with van der Waals surface area (Å²) in [6, 6.07) is 0. The van der Waals surface area contributed by atoms with E-state index in [2.05, 4.69) is 39.4 Å². The van der Waals surface area contributed by atoms with Crippen LogP contribution in [0.1, 0.15) is 6.42 Å². The fourth-order valence-corrected chi connectivity index (χ4v) is 0.933. The van der Waals surface area contributed by atoms with Gasteiger partial charge in [0.1, 0.15) is 5.70 Å². The van der Waals surface area contributed by atoms with Gasteiger partial charge in [-0.2, -0.15) is 0 Å². The second-order valence-corrected chi connectivity index (χ2v) is 3.30. The average Bonchev–Trinajstić information content (AvgIpc) is 2.08. The summed E-state index contributed by atoms with van der Waals surface area (Å²) in [6.45, 7) is 0. The summed E-state index contributed by atoms with van der Waals surface area (Å²) in [5, 5.41) is 0. The summed E-state index contributed by atoms with van der Waals surface area (Å²) in [4.78, 5) is 0. The van der Waals surface area contributed by atoms with Gasteiger partial charge in [0.25, 0.3) is 0 Å². The van der Waals surface area contributed by atoms with Crippen LogP contribution in [0.25, 0.3) is 0 Å². The minimum absolute atomic E-state index is 0. The van der Waals surface area contributed by atoms with Gasteiger partial charge in [-0.25, -0.2) is 0 Å². The maximum atomic E-state index is 2.19. The summed E-state index contributed by atoms with van der Waals surface area (Å²) in [6.07, 6.45) is 7.64. The van der Waals surface area contributed by atoms with Gasteiger partial charge < -0.3 is 4.48 Å². The van der Waals surface area contributed by atoms with Gasteiger partial charge in [-0.05, 0) is 6.08 Å². The molecule has 0 amide bonds. The van der Waals surface area contributed by atoms with Gasteiger partial charge in [-0.3, -0.25) is 0 Å².